The lowest BCUT2D eigenvalue weighted by molar-refractivity contribution is -0.176. The van der Waals surface area contributed by atoms with Crippen molar-refractivity contribution >= 4 is 17.7 Å². The van der Waals surface area contributed by atoms with Gasteiger partial charge in [-0.05, 0) is 28.7 Å². The smallest absolute Gasteiger partial charge is 0.338 e. The number of carbonyl (C=O) groups excluding carboxylic acids is 3. The number of nitriles is 1. The lowest BCUT2D eigenvalue weighted by Gasteiger charge is -2.37. The first-order valence-corrected chi connectivity index (χ1v) is 11.5. The maximum atomic E-state index is 13.5. The summed E-state index contributed by atoms with van der Waals surface area (Å²) >= 11 is 0. The van der Waals surface area contributed by atoms with Crippen LogP contribution in [-0.4, -0.2) is 58.5 Å². The van der Waals surface area contributed by atoms with Crippen molar-refractivity contribution in [2.24, 2.45) is 22.7 Å². The van der Waals surface area contributed by atoms with Gasteiger partial charge in [-0.3, -0.25) is 19.2 Å². The molecule has 5 atom stereocenters. The van der Waals surface area contributed by atoms with Crippen molar-refractivity contribution in [1.29, 1.82) is 5.26 Å². The highest BCUT2D eigenvalue weighted by atomic mass is 19.4. The summed E-state index contributed by atoms with van der Waals surface area (Å²) in [7, 11) is 0. The van der Waals surface area contributed by atoms with Gasteiger partial charge in [0.05, 0.1) is 6.07 Å². The van der Waals surface area contributed by atoms with Crippen molar-refractivity contribution < 1.29 is 31.8 Å². The number of hydrogen-bond donors (Lipinski definition) is 3. The normalized spacial score (nSPS) is 24.2. The van der Waals surface area contributed by atoms with Crippen LogP contribution in [-0.2, 0) is 20.8 Å². The number of H-pyrrole nitrogens is 1. The first kappa shape index (κ1) is 27.2. The van der Waals surface area contributed by atoms with Crippen molar-refractivity contribution in [3.8, 4) is 6.07 Å². The number of alkyl halides is 3. The molecule has 202 valence electrons. The number of halogens is 3. The van der Waals surface area contributed by atoms with Gasteiger partial charge in [0.2, 0.25) is 11.8 Å². The van der Waals surface area contributed by atoms with E-state index in [1.807, 2.05) is 19.9 Å². The molecular weight excluding hydrogens is 479 g/mol. The predicted molar refractivity (Wildman–Crippen MR) is 128 cm³/mol. The lowest BCUT2D eigenvalue weighted by Crippen LogP contribution is -2.61. The summed E-state index contributed by atoms with van der Waals surface area (Å²) in [5.74, 6) is -3.99. The molecule has 9 nitrogen and oxygen atoms in total. The molecule has 2 aliphatic rings. The van der Waals surface area contributed by atoms with Crippen molar-refractivity contribution in [2.45, 2.75) is 65.3 Å². The largest absolute Gasteiger partial charge is 0.471 e. The number of nitrogens with zero attached hydrogens (tertiary/aromatic N) is 2. The van der Waals surface area contributed by atoms with Gasteiger partial charge in [0.25, 0.3) is 5.56 Å². The molecule has 0 aromatic carbocycles. The minimum absolute atomic E-state index is 0. The number of rotatable bonds is 6. The fourth-order valence-corrected chi connectivity index (χ4v) is 5.06. The zero-order valence-electron chi connectivity index (χ0n) is 20.7. The summed E-state index contributed by atoms with van der Waals surface area (Å²) in [6, 6.07) is 1.43. The van der Waals surface area contributed by atoms with Gasteiger partial charge in [0.15, 0.2) is 0 Å². The molecule has 3 N–H and O–H groups in total. The summed E-state index contributed by atoms with van der Waals surface area (Å²) < 4.78 is 38.8. The fraction of sp³-hybridized carbons (Fsp3) is 0.625. The van der Waals surface area contributed by atoms with E-state index in [0.29, 0.717) is 0 Å². The SMILES string of the molecule is CC1(C)C2CN(C(=O)[C@@H](NC(=O)C(F)(F)F)C(C)(C)C)C(C(=O)NC(C#N)Cc3ccc[nH]c3=O)C21.[HH].[HH].[HH]. The van der Waals surface area contributed by atoms with E-state index in [2.05, 4.69) is 10.3 Å². The van der Waals surface area contributed by atoms with E-state index >= 15 is 0 Å². The Hall–Kier alpha value is -3.36. The molecule has 2 fully saturated rings. The topological polar surface area (TPSA) is 135 Å². The molecule has 1 saturated heterocycles. The Morgan fingerprint density at radius 1 is 1.28 bits per heavy atom. The van der Waals surface area contributed by atoms with Crippen molar-refractivity contribution in [3.05, 3.63) is 34.2 Å². The number of carbonyl (C=O) groups is 3. The Morgan fingerprint density at radius 3 is 2.44 bits per heavy atom. The van der Waals surface area contributed by atoms with Gasteiger partial charge in [0.1, 0.15) is 18.1 Å². The molecule has 36 heavy (non-hydrogen) atoms. The third-order valence-corrected chi connectivity index (χ3v) is 7.20. The number of piperidine rings is 1. The second-order valence-corrected chi connectivity index (χ2v) is 11.1. The van der Waals surface area contributed by atoms with Crippen LogP contribution in [0, 0.1) is 34.0 Å². The van der Waals surface area contributed by atoms with E-state index in [1.165, 1.54) is 37.9 Å². The van der Waals surface area contributed by atoms with Crippen LogP contribution in [0.25, 0.3) is 0 Å². The molecule has 3 rings (SSSR count). The number of aromatic nitrogens is 1. The van der Waals surface area contributed by atoms with E-state index in [0.717, 1.165) is 0 Å². The maximum Gasteiger partial charge on any atom is 0.471 e. The molecule has 1 aliphatic carbocycles. The van der Waals surface area contributed by atoms with Crippen LogP contribution in [0.1, 0.15) is 44.5 Å². The molecule has 1 aromatic heterocycles. The second-order valence-electron chi connectivity index (χ2n) is 11.1. The molecule has 4 unspecified atom stereocenters. The average Bonchev–Trinajstić information content (AvgIpc) is 3.09. The van der Waals surface area contributed by atoms with Gasteiger partial charge in [0, 0.05) is 29.0 Å². The van der Waals surface area contributed by atoms with Gasteiger partial charge in [-0.15, -0.1) is 0 Å². The number of pyridine rings is 1. The van der Waals surface area contributed by atoms with Crippen LogP contribution < -0.4 is 16.2 Å². The van der Waals surface area contributed by atoms with E-state index in [9.17, 15) is 37.6 Å². The molecule has 12 heteroatoms. The molecule has 1 aromatic rings. The highest BCUT2D eigenvalue weighted by molar-refractivity contribution is 5.95. The Labute approximate surface area is 210 Å². The minimum Gasteiger partial charge on any atom is -0.338 e. The molecule has 0 bridgehead atoms. The van der Waals surface area contributed by atoms with E-state index in [1.54, 1.807) is 11.4 Å². The van der Waals surface area contributed by atoms with Crippen LogP contribution in [0.5, 0.6) is 0 Å². The molecule has 0 spiro atoms. The van der Waals surface area contributed by atoms with Gasteiger partial charge < -0.3 is 20.5 Å². The van der Waals surface area contributed by atoms with Gasteiger partial charge in [-0.1, -0.05) is 40.7 Å². The van der Waals surface area contributed by atoms with Gasteiger partial charge in [-0.2, -0.15) is 18.4 Å². The molecule has 0 radical (unpaired) electrons. The summed E-state index contributed by atoms with van der Waals surface area (Å²) in [6.45, 7) is 8.56. The van der Waals surface area contributed by atoms with Gasteiger partial charge in [-0.25, -0.2) is 0 Å². The van der Waals surface area contributed by atoms with Crippen LogP contribution >= 0.6 is 0 Å². The quantitative estimate of drug-likeness (QED) is 0.534. The zero-order valence-corrected chi connectivity index (χ0v) is 20.7. The second kappa shape index (κ2) is 9.26. The molecule has 2 heterocycles. The highest BCUT2D eigenvalue weighted by Gasteiger charge is 2.70. The zero-order chi connectivity index (χ0) is 27.2. The summed E-state index contributed by atoms with van der Waals surface area (Å²) in [6.07, 6.45) is -3.81. The maximum absolute atomic E-state index is 13.5. The third kappa shape index (κ3) is 5.24. The molecule has 1 aliphatic heterocycles. The number of aromatic amines is 1. The van der Waals surface area contributed by atoms with E-state index < -0.39 is 53.0 Å². The van der Waals surface area contributed by atoms with Crippen LogP contribution in [0.15, 0.2) is 23.1 Å². The van der Waals surface area contributed by atoms with Crippen molar-refractivity contribution in [2.75, 3.05) is 6.54 Å². The highest BCUT2D eigenvalue weighted by Crippen LogP contribution is 2.65. The average molecular weight is 516 g/mol. The fourth-order valence-electron chi connectivity index (χ4n) is 5.06. The molecule has 3 amide bonds. The first-order chi connectivity index (χ1) is 16.5. The van der Waals surface area contributed by atoms with Crippen LogP contribution in [0.2, 0.25) is 0 Å². The number of nitrogens with one attached hydrogen (secondary N) is 3. The summed E-state index contributed by atoms with van der Waals surface area (Å²) in [5, 5.41) is 14.0. The Balaban J connectivity index is 0.00000481. The summed E-state index contributed by atoms with van der Waals surface area (Å²) in [4.78, 5) is 54.2. The monoisotopic (exact) mass is 515 g/mol. The van der Waals surface area contributed by atoms with Crippen molar-refractivity contribution in [3.63, 3.8) is 0 Å². The van der Waals surface area contributed by atoms with Crippen molar-refractivity contribution in [1.82, 2.24) is 20.5 Å². The number of hydrogen-bond acceptors (Lipinski definition) is 5. The Morgan fingerprint density at radius 2 is 1.92 bits per heavy atom. The third-order valence-electron chi connectivity index (χ3n) is 7.20. The standard InChI is InChI=1S/C24H30F3N5O4.3H2/c1-22(2,3)17(31-21(36)24(25,26)27)20(35)32-11-14-15(23(14,4)5)16(32)19(34)30-13(10-28)9-12-7-6-8-29-18(12)33;;;/h6-8,13-17H,9,11H2,1-5H3,(H,29,33)(H,30,34)(H,31,36);3*1H/t13?,14?,15?,16?,17-;;;/m1.../s1. The lowest BCUT2D eigenvalue weighted by atomic mass is 9.85. The number of fused-ring (bicyclic) bond motifs is 1. The van der Waals surface area contributed by atoms with Crippen LogP contribution in [0.3, 0.4) is 0 Å². The summed E-state index contributed by atoms with van der Waals surface area (Å²) in [5.41, 5.74) is -1.48. The first-order valence-electron chi connectivity index (χ1n) is 11.5. The van der Waals surface area contributed by atoms with E-state index in [-0.39, 0.29) is 40.1 Å². The minimum atomic E-state index is -5.18. The van der Waals surface area contributed by atoms with Gasteiger partial charge >= 0.3 is 12.1 Å². The van der Waals surface area contributed by atoms with Crippen LogP contribution in [0.4, 0.5) is 13.2 Å². The predicted octanol–water partition coefficient (Wildman–Crippen LogP) is 2.24. The Bertz CT molecular complexity index is 1160. The molecule has 1 saturated carbocycles. The van der Waals surface area contributed by atoms with E-state index in [4.69, 9.17) is 0 Å². The number of amides is 3. The number of likely N-dealkylation sites (tertiary alicyclic amines) is 1. The Kier molecular flexibility index (Phi) is 7.00. The molecular formula is C24H36F3N5O4.